The third kappa shape index (κ3) is 3.45. The van der Waals surface area contributed by atoms with Gasteiger partial charge in [0, 0.05) is 50.2 Å². The molecule has 148 valence electrons. The van der Waals surface area contributed by atoms with Gasteiger partial charge >= 0.3 is 0 Å². The number of fused-ring (bicyclic) bond motifs is 2. The van der Waals surface area contributed by atoms with E-state index in [1.54, 1.807) is 0 Å². The van der Waals surface area contributed by atoms with Crippen molar-refractivity contribution in [1.82, 2.24) is 29.3 Å². The highest BCUT2D eigenvalue weighted by Crippen LogP contribution is 2.42. The van der Waals surface area contributed by atoms with Crippen molar-refractivity contribution in [2.24, 2.45) is 0 Å². The first-order valence-electron chi connectivity index (χ1n) is 10.7. The van der Waals surface area contributed by atoms with E-state index in [2.05, 4.69) is 51.3 Å². The van der Waals surface area contributed by atoms with Crippen molar-refractivity contribution >= 4 is 0 Å². The van der Waals surface area contributed by atoms with Gasteiger partial charge in [0.2, 0.25) is 0 Å². The number of hydrogen-bond donors (Lipinski definition) is 1. The Labute approximate surface area is 163 Å². The summed E-state index contributed by atoms with van der Waals surface area (Å²) in [7, 11) is 0. The van der Waals surface area contributed by atoms with Crippen molar-refractivity contribution in [2.75, 3.05) is 26.2 Å². The molecular weight excluding hydrogens is 336 g/mol. The summed E-state index contributed by atoms with van der Waals surface area (Å²) < 4.78 is 2.30. The molecule has 27 heavy (non-hydrogen) atoms. The first-order valence-corrected chi connectivity index (χ1v) is 10.7. The van der Waals surface area contributed by atoms with E-state index in [1.807, 2.05) is 12.5 Å². The zero-order valence-electron chi connectivity index (χ0n) is 17.1. The summed E-state index contributed by atoms with van der Waals surface area (Å²) in [5.74, 6) is 1.19. The van der Waals surface area contributed by atoms with Crippen LogP contribution in [-0.2, 0) is 18.5 Å². The Morgan fingerprint density at radius 2 is 2.00 bits per heavy atom. The van der Waals surface area contributed by atoms with Gasteiger partial charge in [-0.05, 0) is 39.7 Å². The topological polar surface area (TPSA) is 53.0 Å². The summed E-state index contributed by atoms with van der Waals surface area (Å²) >= 11 is 0. The van der Waals surface area contributed by atoms with E-state index in [-0.39, 0.29) is 5.54 Å². The first kappa shape index (κ1) is 18.7. The zero-order chi connectivity index (χ0) is 18.9. The number of rotatable bonds is 6. The predicted molar refractivity (Wildman–Crippen MR) is 108 cm³/mol. The van der Waals surface area contributed by atoms with Crippen molar-refractivity contribution in [3.8, 4) is 0 Å². The molecule has 0 bridgehead atoms. The van der Waals surface area contributed by atoms with Crippen LogP contribution >= 0.6 is 0 Å². The summed E-state index contributed by atoms with van der Waals surface area (Å²) in [4.78, 5) is 18.1. The lowest BCUT2D eigenvalue weighted by Gasteiger charge is -2.50. The molecule has 0 amide bonds. The Kier molecular flexibility index (Phi) is 5.37. The van der Waals surface area contributed by atoms with Gasteiger partial charge in [0.15, 0.2) is 0 Å². The molecule has 0 radical (unpaired) electrons. The minimum absolute atomic E-state index is 0.132. The number of nitrogens with zero attached hydrogens (tertiary/aromatic N) is 5. The highest BCUT2D eigenvalue weighted by atomic mass is 15.3. The minimum Gasteiger partial charge on any atom is -0.348 e. The summed E-state index contributed by atoms with van der Waals surface area (Å²) in [5, 5.41) is 0. The molecule has 0 aliphatic carbocycles. The van der Waals surface area contributed by atoms with Crippen LogP contribution in [0.4, 0.5) is 0 Å². The number of imidazole rings is 2. The lowest BCUT2D eigenvalue weighted by atomic mass is 9.78. The maximum atomic E-state index is 4.80. The van der Waals surface area contributed by atoms with Crippen LogP contribution in [0.2, 0.25) is 0 Å². The third-order valence-electron chi connectivity index (χ3n) is 6.53. The second-order valence-corrected chi connectivity index (χ2v) is 8.47. The lowest BCUT2D eigenvalue weighted by Crippen LogP contribution is -2.56. The first-order chi connectivity index (χ1) is 13.1. The van der Waals surface area contributed by atoms with Crippen LogP contribution in [0.5, 0.6) is 0 Å². The van der Waals surface area contributed by atoms with Gasteiger partial charge in [0.05, 0.1) is 24.1 Å². The van der Waals surface area contributed by atoms with Crippen LogP contribution in [0.25, 0.3) is 0 Å². The van der Waals surface area contributed by atoms with Crippen LogP contribution in [0, 0.1) is 0 Å². The van der Waals surface area contributed by atoms with Crippen LogP contribution < -0.4 is 0 Å². The molecule has 2 aliphatic heterocycles. The number of nitrogens with one attached hydrogen (secondary N) is 1. The Hall–Kier alpha value is -1.66. The summed E-state index contributed by atoms with van der Waals surface area (Å²) in [5.41, 5.74) is 2.83. The monoisotopic (exact) mass is 370 g/mol. The summed E-state index contributed by atoms with van der Waals surface area (Å²) in [6, 6.07) is 0.466. The van der Waals surface area contributed by atoms with Gasteiger partial charge in [-0.25, -0.2) is 9.97 Å². The van der Waals surface area contributed by atoms with Gasteiger partial charge in [-0.15, -0.1) is 0 Å². The molecule has 0 atom stereocenters. The number of hydrogen-bond acceptors (Lipinski definition) is 4. The van der Waals surface area contributed by atoms with Crippen molar-refractivity contribution in [3.63, 3.8) is 0 Å². The largest absolute Gasteiger partial charge is 0.348 e. The molecule has 2 aliphatic rings. The number of H-pyrrole nitrogens is 1. The highest BCUT2D eigenvalue weighted by Gasteiger charge is 2.46. The number of aromatic nitrogens is 4. The van der Waals surface area contributed by atoms with Crippen LogP contribution in [0.1, 0.15) is 69.7 Å². The maximum Gasteiger partial charge on any atom is 0.123 e. The van der Waals surface area contributed by atoms with Crippen LogP contribution in [0.3, 0.4) is 0 Å². The molecule has 2 aromatic heterocycles. The number of aromatic amines is 1. The molecule has 2 aromatic rings. The van der Waals surface area contributed by atoms with Gasteiger partial charge in [-0.3, -0.25) is 9.80 Å². The van der Waals surface area contributed by atoms with E-state index in [1.165, 1.54) is 36.6 Å². The van der Waals surface area contributed by atoms with Crippen LogP contribution in [-0.4, -0.2) is 55.5 Å². The number of likely N-dealkylation sites (tertiary alicyclic amines) is 1. The van der Waals surface area contributed by atoms with Crippen molar-refractivity contribution in [3.05, 3.63) is 35.9 Å². The molecular formula is C21H34N6. The van der Waals surface area contributed by atoms with Crippen molar-refractivity contribution < 1.29 is 0 Å². The smallest absolute Gasteiger partial charge is 0.123 e. The molecule has 1 spiro atoms. The van der Waals surface area contributed by atoms with Crippen molar-refractivity contribution in [2.45, 2.75) is 71.0 Å². The van der Waals surface area contributed by atoms with Gasteiger partial charge < -0.3 is 9.55 Å². The van der Waals surface area contributed by atoms with Gasteiger partial charge in [-0.1, -0.05) is 13.3 Å². The van der Waals surface area contributed by atoms with Gasteiger partial charge in [0.25, 0.3) is 0 Å². The molecule has 1 saturated heterocycles. The fourth-order valence-corrected chi connectivity index (χ4v) is 4.97. The molecule has 4 rings (SSSR count). The van der Waals surface area contributed by atoms with E-state index in [9.17, 15) is 0 Å². The molecule has 6 nitrogen and oxygen atoms in total. The Morgan fingerprint density at radius 1 is 1.19 bits per heavy atom. The second-order valence-electron chi connectivity index (χ2n) is 8.47. The molecule has 0 saturated carbocycles. The summed E-state index contributed by atoms with van der Waals surface area (Å²) in [6.07, 6.45) is 11.9. The molecule has 0 unspecified atom stereocenters. The standard InChI is InChI=1S/C21H34N6/c1-4-5-10-26-11-6-18-20(24-16-23-18)21(26)7-12-25(13-8-21)15-19-22-9-14-27(19)17(2)3/h9,14,16-17H,4-8,10-13,15H2,1-3H3,(H,23,24). The number of piperidine rings is 1. The third-order valence-corrected chi connectivity index (χ3v) is 6.53. The normalized spacial score (nSPS) is 20.4. The van der Waals surface area contributed by atoms with E-state index in [0.29, 0.717) is 6.04 Å². The minimum atomic E-state index is 0.132. The molecule has 1 N–H and O–H groups in total. The van der Waals surface area contributed by atoms with E-state index < -0.39 is 0 Å². The Bertz CT molecular complexity index is 737. The zero-order valence-corrected chi connectivity index (χ0v) is 17.1. The van der Waals surface area contributed by atoms with E-state index in [0.717, 1.165) is 45.4 Å². The average Bonchev–Trinajstić information content (AvgIpc) is 3.33. The SMILES string of the molecule is CCCCN1CCc2[nH]cnc2C12CCN(Cc1nccn1C(C)C)CC2. The average molecular weight is 371 g/mol. The van der Waals surface area contributed by atoms with E-state index in [4.69, 9.17) is 4.98 Å². The van der Waals surface area contributed by atoms with Gasteiger partial charge in [-0.2, -0.15) is 0 Å². The fourth-order valence-electron chi connectivity index (χ4n) is 4.97. The molecule has 6 heteroatoms. The fraction of sp³-hybridized carbons (Fsp3) is 0.714. The number of unbranched alkanes of at least 4 members (excludes halogenated alkanes) is 1. The molecule has 0 aromatic carbocycles. The maximum absolute atomic E-state index is 4.80. The molecule has 1 fully saturated rings. The lowest BCUT2D eigenvalue weighted by molar-refractivity contribution is 0.00179. The highest BCUT2D eigenvalue weighted by molar-refractivity contribution is 5.26. The van der Waals surface area contributed by atoms with Crippen LogP contribution in [0.15, 0.2) is 18.7 Å². The van der Waals surface area contributed by atoms with Crippen molar-refractivity contribution in [1.29, 1.82) is 0 Å². The van der Waals surface area contributed by atoms with Gasteiger partial charge in [0.1, 0.15) is 5.82 Å². The second kappa shape index (κ2) is 7.76. The predicted octanol–water partition coefficient (Wildman–Crippen LogP) is 3.34. The quantitative estimate of drug-likeness (QED) is 0.847. The van der Waals surface area contributed by atoms with E-state index >= 15 is 0 Å². The molecule has 4 heterocycles. The Morgan fingerprint density at radius 3 is 2.74 bits per heavy atom. The summed E-state index contributed by atoms with van der Waals surface area (Å²) in [6.45, 7) is 12.3. The Balaban J connectivity index is 1.49.